The lowest BCUT2D eigenvalue weighted by Gasteiger charge is -1.79. The summed E-state index contributed by atoms with van der Waals surface area (Å²) < 4.78 is 0. The van der Waals surface area contributed by atoms with Gasteiger partial charge in [0, 0.05) is 0 Å². The number of allylic oxidation sites excluding steroid dienone is 1. The Labute approximate surface area is 38.3 Å². The van der Waals surface area contributed by atoms with E-state index in [2.05, 4.69) is 0 Å². The Bertz CT molecular complexity index is 51.0. The van der Waals surface area contributed by atoms with E-state index in [-0.39, 0.29) is 6.61 Å². The molecule has 0 aromatic rings. The van der Waals surface area contributed by atoms with Crippen molar-refractivity contribution in [2.24, 2.45) is 0 Å². The van der Waals surface area contributed by atoms with E-state index in [4.69, 9.17) is 12.0 Å². The maximum absolute atomic E-state index is 8.08. The minimum atomic E-state index is 0.0440. The molecular weight excluding hydrogens is 76.1 g/mol. The Morgan fingerprint density at radius 2 is 2.50 bits per heavy atom. The zero-order chi connectivity index (χ0) is 4.99. The molecule has 0 aliphatic carbocycles. The van der Waals surface area contributed by atoms with Gasteiger partial charge in [0.25, 0.3) is 0 Å². The lowest BCUT2D eigenvalue weighted by Crippen LogP contribution is -1.72. The molecule has 0 heterocycles. The van der Waals surface area contributed by atoms with E-state index in [0.717, 1.165) is 0 Å². The van der Waals surface area contributed by atoms with E-state index < -0.39 is 0 Å². The zero-order valence-electron chi connectivity index (χ0n) is 3.81. The fourth-order valence-electron chi connectivity index (χ4n) is 0.144. The van der Waals surface area contributed by atoms with Crippen LogP contribution in [-0.4, -0.2) is 11.7 Å². The molecule has 0 bridgehead atoms. The van der Waals surface area contributed by atoms with Gasteiger partial charge in [0.1, 0.15) is 0 Å². The van der Waals surface area contributed by atoms with Gasteiger partial charge in [-0.1, -0.05) is 11.6 Å². The molecule has 1 N–H and O–H groups in total. The highest BCUT2D eigenvalue weighted by Gasteiger charge is 1.68. The molecule has 6 heavy (non-hydrogen) atoms. The fourth-order valence-corrected chi connectivity index (χ4v) is 0.144. The highest BCUT2D eigenvalue weighted by atomic mass is 16.2. The maximum Gasteiger partial charge on any atom is 0.0615 e. The Morgan fingerprint density at radius 3 is 2.50 bits per heavy atom. The third-order valence-electron chi connectivity index (χ3n) is 0.413. The number of rotatable bonds is 1. The van der Waals surface area contributed by atoms with Gasteiger partial charge in [-0.3, -0.25) is 0 Å². The summed E-state index contributed by atoms with van der Waals surface area (Å²) in [5.74, 6) is 0. The first-order valence-electron chi connectivity index (χ1n) is 1.80. The summed E-state index contributed by atoms with van der Waals surface area (Å²) in [6.45, 7) is 6.88. The molecule has 2 radical (unpaired) electrons. The summed E-state index contributed by atoms with van der Waals surface area (Å²) in [7, 11) is 0. The second-order valence-corrected chi connectivity index (χ2v) is 1.13. The van der Waals surface area contributed by atoms with Gasteiger partial charge in [0.2, 0.25) is 0 Å². The molecule has 34 valence electrons. The summed E-state index contributed by atoms with van der Waals surface area (Å²) >= 11 is 0. The van der Waals surface area contributed by atoms with E-state index in [1.54, 1.807) is 13.0 Å². The Morgan fingerprint density at radius 1 is 2.00 bits per heavy atom. The quantitative estimate of drug-likeness (QED) is 0.494. The van der Waals surface area contributed by atoms with Gasteiger partial charge in [0.15, 0.2) is 0 Å². The lowest BCUT2D eigenvalue weighted by molar-refractivity contribution is 0.342. The van der Waals surface area contributed by atoms with E-state index in [1.165, 1.54) is 0 Å². The smallest absolute Gasteiger partial charge is 0.0615 e. The van der Waals surface area contributed by atoms with Gasteiger partial charge < -0.3 is 5.11 Å². The third kappa shape index (κ3) is 3.70. The summed E-state index contributed by atoms with van der Waals surface area (Å²) in [6.07, 6.45) is 1.54. The number of hydrogen-bond acceptors (Lipinski definition) is 1. The Kier molecular flexibility index (Phi) is 2.77. The normalized spacial score (nSPS) is 12.2. The average Bonchev–Trinajstić information content (AvgIpc) is 1.35. The highest BCUT2D eigenvalue weighted by Crippen LogP contribution is 1.82. The summed E-state index contributed by atoms with van der Waals surface area (Å²) in [4.78, 5) is 0. The van der Waals surface area contributed by atoms with Crippen molar-refractivity contribution in [2.75, 3.05) is 6.61 Å². The Balaban J connectivity index is 3.14. The third-order valence-corrected chi connectivity index (χ3v) is 0.413. The van der Waals surface area contributed by atoms with Crippen molar-refractivity contribution in [3.8, 4) is 0 Å². The van der Waals surface area contributed by atoms with Crippen molar-refractivity contribution in [3.63, 3.8) is 0 Å². The minimum Gasteiger partial charge on any atom is -0.392 e. The predicted molar refractivity (Wildman–Crippen MR) is 25.1 cm³/mol. The summed E-state index contributed by atoms with van der Waals surface area (Å²) in [5, 5.41) is 8.08. The van der Waals surface area contributed by atoms with Gasteiger partial charge in [-0.15, -0.1) is 0 Å². The second-order valence-electron chi connectivity index (χ2n) is 1.13. The van der Waals surface area contributed by atoms with Crippen LogP contribution in [-0.2, 0) is 0 Å². The average molecular weight is 84.1 g/mol. The summed E-state index contributed by atoms with van der Waals surface area (Å²) in [6, 6.07) is 0. The molecule has 0 rings (SSSR count). The topological polar surface area (TPSA) is 20.2 Å². The van der Waals surface area contributed by atoms with Crippen molar-refractivity contribution in [3.05, 3.63) is 18.6 Å². The van der Waals surface area contributed by atoms with Crippen molar-refractivity contribution < 1.29 is 5.11 Å². The minimum absolute atomic E-state index is 0.0440. The van der Waals surface area contributed by atoms with E-state index in [0.29, 0.717) is 5.57 Å². The molecule has 1 heteroatoms. The Hall–Kier alpha value is -0.300. The van der Waals surface area contributed by atoms with Crippen LogP contribution in [0.1, 0.15) is 6.92 Å². The number of aliphatic hydroxyl groups excluding tert-OH is 1. The van der Waals surface area contributed by atoms with Crippen LogP contribution in [0, 0.1) is 6.92 Å². The van der Waals surface area contributed by atoms with Gasteiger partial charge in [-0.25, -0.2) is 0 Å². The van der Waals surface area contributed by atoms with Crippen LogP contribution in [0.2, 0.25) is 0 Å². The number of aliphatic hydroxyl groups is 1. The van der Waals surface area contributed by atoms with E-state index in [1.807, 2.05) is 0 Å². The molecule has 0 atom stereocenters. The van der Waals surface area contributed by atoms with Crippen LogP contribution < -0.4 is 0 Å². The number of hydrogen-bond donors (Lipinski definition) is 1. The van der Waals surface area contributed by atoms with Crippen LogP contribution in [0.3, 0.4) is 0 Å². The lowest BCUT2D eigenvalue weighted by atomic mass is 10.3. The monoisotopic (exact) mass is 84.1 g/mol. The van der Waals surface area contributed by atoms with E-state index in [9.17, 15) is 0 Å². The first-order chi connectivity index (χ1) is 2.77. The van der Waals surface area contributed by atoms with Gasteiger partial charge in [-0.05, 0) is 13.8 Å². The van der Waals surface area contributed by atoms with Crippen molar-refractivity contribution in [1.82, 2.24) is 0 Å². The van der Waals surface area contributed by atoms with Crippen molar-refractivity contribution >= 4 is 0 Å². The van der Waals surface area contributed by atoms with Crippen LogP contribution >= 0.6 is 0 Å². The van der Waals surface area contributed by atoms with Crippen LogP contribution in [0.15, 0.2) is 11.6 Å². The second kappa shape index (κ2) is 2.91. The molecule has 0 fully saturated rings. The molecule has 0 aliphatic heterocycles. The van der Waals surface area contributed by atoms with Gasteiger partial charge in [-0.2, -0.15) is 0 Å². The molecule has 0 amide bonds. The largest absolute Gasteiger partial charge is 0.392 e. The molecule has 0 aromatic heterocycles. The molecule has 0 spiro atoms. The maximum atomic E-state index is 8.08. The standard InChI is InChI=1S/C5H8O/c1-5(2)3-4-6/h1,3,6H,4H2,2H3. The molecule has 0 saturated carbocycles. The SMILES string of the molecule is [CH]C(C)=CCO. The van der Waals surface area contributed by atoms with Crippen LogP contribution in [0.4, 0.5) is 0 Å². The molecule has 1 nitrogen and oxygen atoms in total. The van der Waals surface area contributed by atoms with Crippen molar-refractivity contribution in [2.45, 2.75) is 6.92 Å². The van der Waals surface area contributed by atoms with Crippen LogP contribution in [0.25, 0.3) is 0 Å². The zero-order valence-corrected chi connectivity index (χ0v) is 3.81. The molecule has 0 aromatic carbocycles. The first-order valence-corrected chi connectivity index (χ1v) is 1.80. The van der Waals surface area contributed by atoms with Gasteiger partial charge in [0.05, 0.1) is 6.61 Å². The highest BCUT2D eigenvalue weighted by molar-refractivity contribution is 5.00. The van der Waals surface area contributed by atoms with Gasteiger partial charge >= 0.3 is 0 Å². The molecule has 0 saturated heterocycles. The van der Waals surface area contributed by atoms with Crippen molar-refractivity contribution in [1.29, 1.82) is 0 Å². The van der Waals surface area contributed by atoms with E-state index >= 15 is 0 Å². The molecule has 0 unspecified atom stereocenters. The summed E-state index contributed by atoms with van der Waals surface area (Å²) in [5.41, 5.74) is 0.664. The fraction of sp³-hybridized carbons (Fsp3) is 0.400. The molecular formula is C5H8O. The predicted octanol–water partition coefficient (Wildman–Crippen LogP) is 0.636. The first kappa shape index (κ1) is 5.70. The molecule has 0 aliphatic rings. The van der Waals surface area contributed by atoms with Crippen LogP contribution in [0.5, 0.6) is 0 Å².